The molecule has 1 atom stereocenters. The topological polar surface area (TPSA) is 88.8 Å². The van der Waals surface area contributed by atoms with Crippen LogP contribution in [-0.2, 0) is 4.74 Å². The van der Waals surface area contributed by atoms with Crippen molar-refractivity contribution in [2.75, 3.05) is 6.61 Å². The van der Waals surface area contributed by atoms with Gasteiger partial charge < -0.3 is 4.74 Å². The Morgan fingerprint density at radius 3 is 3.14 bits per heavy atom. The van der Waals surface area contributed by atoms with Crippen LogP contribution in [0.3, 0.4) is 0 Å². The molecule has 0 spiro atoms. The van der Waals surface area contributed by atoms with Crippen LogP contribution in [-0.4, -0.2) is 21.8 Å². The molecule has 1 unspecified atom stereocenters. The lowest BCUT2D eigenvalue weighted by atomic mass is 10.0. The van der Waals surface area contributed by atoms with Gasteiger partial charge in [-0.2, -0.15) is 5.10 Å². The van der Waals surface area contributed by atoms with Gasteiger partial charge in [-0.05, 0) is 18.4 Å². The number of aromatic amines is 1. The number of hydrogen-bond acceptors (Lipinski definition) is 5. The molecule has 1 aliphatic rings. The van der Waals surface area contributed by atoms with Gasteiger partial charge in [0.2, 0.25) is 0 Å². The van der Waals surface area contributed by atoms with Crippen molar-refractivity contribution in [1.29, 1.82) is 0 Å². The molecule has 0 radical (unpaired) electrons. The molecule has 6 heteroatoms. The second-order valence-electron chi connectivity index (χ2n) is 3.14. The van der Waals surface area contributed by atoms with Gasteiger partial charge in [-0.15, -0.1) is 0 Å². The molecule has 0 fully saturated rings. The molecule has 0 amide bonds. The number of nitrogens with two attached hydrogens (primary N) is 1. The third-order valence-corrected chi connectivity index (χ3v) is 2.21. The molecule has 1 aromatic rings. The van der Waals surface area contributed by atoms with Crippen molar-refractivity contribution in [2.45, 2.75) is 18.9 Å². The molecule has 2 heterocycles. The summed E-state index contributed by atoms with van der Waals surface area (Å²) in [7, 11) is 0. The molecule has 0 saturated carbocycles. The second kappa shape index (κ2) is 4.21. The summed E-state index contributed by atoms with van der Waals surface area (Å²) in [6.45, 7) is 0.775. The summed E-state index contributed by atoms with van der Waals surface area (Å²) < 4.78 is 5.24. The van der Waals surface area contributed by atoms with Crippen LogP contribution in [0.5, 0.6) is 0 Å². The Labute approximate surface area is 81.5 Å². The Bertz CT molecular complexity index is 308. The van der Waals surface area contributed by atoms with Crippen molar-refractivity contribution in [3.05, 3.63) is 24.0 Å². The van der Waals surface area contributed by atoms with Crippen LogP contribution < -0.4 is 11.3 Å². The van der Waals surface area contributed by atoms with Gasteiger partial charge in [0.1, 0.15) is 18.2 Å². The van der Waals surface area contributed by atoms with Crippen molar-refractivity contribution >= 4 is 0 Å². The maximum Gasteiger partial charge on any atom is 0.147 e. The summed E-state index contributed by atoms with van der Waals surface area (Å²) in [4.78, 5) is 4.06. The fourth-order valence-corrected chi connectivity index (χ4v) is 1.51. The van der Waals surface area contributed by atoms with E-state index >= 15 is 0 Å². The smallest absolute Gasteiger partial charge is 0.147 e. The number of hydrogen-bond donors (Lipinski definition) is 3. The minimum Gasteiger partial charge on any atom is -0.501 e. The zero-order valence-corrected chi connectivity index (χ0v) is 7.73. The summed E-state index contributed by atoms with van der Waals surface area (Å²) in [6.07, 6.45) is 5.19. The highest BCUT2D eigenvalue weighted by molar-refractivity contribution is 5.15. The highest BCUT2D eigenvalue weighted by Crippen LogP contribution is 2.24. The van der Waals surface area contributed by atoms with Gasteiger partial charge in [0.15, 0.2) is 0 Å². The maximum atomic E-state index is 5.46. The molecule has 4 N–H and O–H groups in total. The zero-order chi connectivity index (χ0) is 9.80. The number of nitrogens with one attached hydrogen (secondary N) is 2. The number of nitrogens with zero attached hydrogens (tertiary/aromatic N) is 2. The minimum atomic E-state index is -0.127. The van der Waals surface area contributed by atoms with Crippen molar-refractivity contribution in [1.82, 2.24) is 20.6 Å². The Morgan fingerprint density at radius 1 is 1.64 bits per heavy atom. The van der Waals surface area contributed by atoms with E-state index in [4.69, 9.17) is 10.6 Å². The molecule has 1 aromatic heterocycles. The molecule has 0 aromatic carbocycles. The highest BCUT2D eigenvalue weighted by atomic mass is 16.5. The maximum absolute atomic E-state index is 5.46. The predicted octanol–water partition coefficient (Wildman–Crippen LogP) is 0.00340. The Kier molecular flexibility index (Phi) is 2.76. The number of H-pyrrole nitrogens is 1. The van der Waals surface area contributed by atoms with Crippen molar-refractivity contribution in [2.24, 2.45) is 5.84 Å². The summed E-state index contributed by atoms with van der Waals surface area (Å²) in [5.74, 6) is 6.17. The minimum absolute atomic E-state index is 0.127. The lowest BCUT2D eigenvalue weighted by molar-refractivity contribution is 0.219. The van der Waals surface area contributed by atoms with Crippen LogP contribution in [0.25, 0.3) is 0 Å². The molecule has 0 bridgehead atoms. The fourth-order valence-electron chi connectivity index (χ4n) is 1.51. The van der Waals surface area contributed by atoms with Crippen molar-refractivity contribution < 1.29 is 4.74 Å². The third-order valence-electron chi connectivity index (χ3n) is 2.21. The van der Waals surface area contributed by atoms with E-state index in [1.807, 2.05) is 0 Å². The molecule has 76 valence electrons. The Morgan fingerprint density at radius 2 is 2.57 bits per heavy atom. The lowest BCUT2D eigenvalue weighted by Crippen LogP contribution is -2.31. The van der Waals surface area contributed by atoms with Gasteiger partial charge >= 0.3 is 0 Å². The predicted molar refractivity (Wildman–Crippen MR) is 49.7 cm³/mol. The lowest BCUT2D eigenvalue weighted by Gasteiger charge is -2.20. The second-order valence-corrected chi connectivity index (χ2v) is 3.14. The van der Waals surface area contributed by atoms with E-state index in [1.165, 1.54) is 6.33 Å². The summed E-state index contributed by atoms with van der Waals surface area (Å²) in [5.41, 5.74) is 3.79. The van der Waals surface area contributed by atoms with Gasteiger partial charge in [-0.1, -0.05) is 0 Å². The van der Waals surface area contributed by atoms with Crippen LogP contribution in [0.4, 0.5) is 0 Å². The average molecular weight is 195 g/mol. The van der Waals surface area contributed by atoms with Gasteiger partial charge in [0.25, 0.3) is 0 Å². The van der Waals surface area contributed by atoms with Crippen LogP contribution in [0, 0.1) is 0 Å². The van der Waals surface area contributed by atoms with Crippen molar-refractivity contribution in [3.8, 4) is 0 Å². The quantitative estimate of drug-likeness (QED) is 0.467. The molecule has 0 aliphatic carbocycles. The van der Waals surface area contributed by atoms with Crippen LogP contribution >= 0.6 is 0 Å². The first-order valence-corrected chi connectivity index (χ1v) is 4.53. The zero-order valence-electron chi connectivity index (χ0n) is 7.73. The average Bonchev–Trinajstić information content (AvgIpc) is 2.74. The molecular formula is C8H13N5O. The SMILES string of the molecule is NNC(C1=COCCC1)c1ncn[nH]1. The van der Waals surface area contributed by atoms with Gasteiger partial charge in [-0.3, -0.25) is 10.9 Å². The molecular weight excluding hydrogens is 182 g/mol. The van der Waals surface area contributed by atoms with E-state index < -0.39 is 0 Å². The largest absolute Gasteiger partial charge is 0.501 e. The summed E-state index contributed by atoms with van der Waals surface area (Å²) in [5, 5.41) is 6.57. The van der Waals surface area contributed by atoms with Gasteiger partial charge in [0.05, 0.1) is 12.9 Å². The Hall–Kier alpha value is -1.40. The van der Waals surface area contributed by atoms with E-state index in [-0.39, 0.29) is 6.04 Å². The number of rotatable bonds is 3. The molecule has 6 nitrogen and oxygen atoms in total. The number of hydrazine groups is 1. The Balaban J connectivity index is 2.16. The normalized spacial score (nSPS) is 18.5. The van der Waals surface area contributed by atoms with Crippen LogP contribution in [0.2, 0.25) is 0 Å². The fraction of sp³-hybridized carbons (Fsp3) is 0.500. The molecule has 0 saturated heterocycles. The number of ether oxygens (including phenoxy) is 1. The van der Waals surface area contributed by atoms with Gasteiger partial charge in [0, 0.05) is 0 Å². The van der Waals surface area contributed by atoms with E-state index in [1.54, 1.807) is 6.26 Å². The first-order valence-electron chi connectivity index (χ1n) is 4.53. The van der Waals surface area contributed by atoms with Gasteiger partial charge in [-0.25, -0.2) is 10.4 Å². The monoisotopic (exact) mass is 195 g/mol. The van der Waals surface area contributed by atoms with E-state index in [2.05, 4.69) is 20.6 Å². The number of aromatic nitrogens is 3. The van der Waals surface area contributed by atoms with E-state index in [9.17, 15) is 0 Å². The third kappa shape index (κ3) is 1.75. The highest BCUT2D eigenvalue weighted by Gasteiger charge is 2.19. The first kappa shape index (κ1) is 9.17. The van der Waals surface area contributed by atoms with E-state index in [0.717, 1.165) is 25.0 Å². The van der Waals surface area contributed by atoms with Crippen molar-refractivity contribution in [3.63, 3.8) is 0 Å². The van der Waals surface area contributed by atoms with Crippen LogP contribution in [0.1, 0.15) is 24.7 Å². The van der Waals surface area contributed by atoms with Crippen LogP contribution in [0.15, 0.2) is 18.2 Å². The first-order chi connectivity index (χ1) is 6.92. The summed E-state index contributed by atoms with van der Waals surface area (Å²) in [6, 6.07) is -0.127. The summed E-state index contributed by atoms with van der Waals surface area (Å²) >= 11 is 0. The molecule has 1 aliphatic heterocycles. The molecule has 2 rings (SSSR count). The standard InChI is InChI=1S/C8H13N5O/c9-12-7(8-10-5-11-13-8)6-2-1-3-14-4-6/h4-5,7,12H,1-3,9H2,(H,10,11,13). The molecule has 14 heavy (non-hydrogen) atoms. The van der Waals surface area contributed by atoms with E-state index in [0.29, 0.717) is 5.82 Å².